The fourth-order valence-electron chi connectivity index (χ4n) is 7.35. The summed E-state index contributed by atoms with van der Waals surface area (Å²) in [5, 5.41) is 25.2. The molecule has 424 valence electrons. The molecule has 0 radical (unpaired) electrons. The summed E-state index contributed by atoms with van der Waals surface area (Å²) < 4.78 is 15.6. The van der Waals surface area contributed by atoms with Crippen LogP contribution in [-0.4, -0.2) is 108 Å². The second-order valence-electron chi connectivity index (χ2n) is 20.5. The van der Waals surface area contributed by atoms with Gasteiger partial charge < -0.3 is 40.8 Å². The van der Waals surface area contributed by atoms with E-state index in [0.29, 0.717) is 63.3 Å². The molecular weight excluding hydrogens is 1150 g/mol. The van der Waals surface area contributed by atoms with Crippen molar-refractivity contribution in [2.24, 2.45) is 11.8 Å². The Kier molecular flexibility index (Phi) is 19.4. The average Bonchev–Trinajstić information content (AvgIpc) is 4.26. The third-order valence-corrected chi connectivity index (χ3v) is 16.7. The van der Waals surface area contributed by atoms with Crippen LogP contribution in [-0.2, 0) is 23.8 Å². The topological polar surface area (TPSA) is 298 Å². The Balaban J connectivity index is 1.13. The minimum Gasteiger partial charge on any atom is -0.464 e. The lowest BCUT2D eigenvalue weighted by molar-refractivity contribution is -0.122. The molecule has 7 aromatic rings. The first kappa shape index (κ1) is 60.7. The number of nitrogens with zero attached hydrogens (tertiary/aromatic N) is 7. The molecule has 5 amide bonds. The van der Waals surface area contributed by atoms with E-state index in [1.165, 1.54) is 70.8 Å². The van der Waals surface area contributed by atoms with Crippen molar-refractivity contribution in [3.05, 3.63) is 81.7 Å². The minimum atomic E-state index is -0.966. The number of ether oxygens (including phenoxy) is 3. The Labute approximate surface area is 485 Å². The number of methoxy groups -OCH3 is 1. The molecule has 7 heterocycles. The number of pyridine rings is 1. The van der Waals surface area contributed by atoms with Gasteiger partial charge in [0.15, 0.2) is 11.4 Å². The zero-order valence-corrected chi connectivity index (χ0v) is 50.9. The van der Waals surface area contributed by atoms with Crippen molar-refractivity contribution >= 4 is 110 Å². The average molecular weight is 1210 g/mol. The zero-order valence-electron chi connectivity index (χ0n) is 46.0. The molecular formula is C52H60N12O10S6. The van der Waals surface area contributed by atoms with E-state index in [0.717, 1.165) is 11.3 Å². The number of rotatable bonds is 20. The highest BCUT2D eigenvalue weighted by molar-refractivity contribution is 7.15. The number of carbonyl (C=O) groups excluding carboxylic acids is 7. The van der Waals surface area contributed by atoms with E-state index in [1.54, 1.807) is 76.7 Å². The monoisotopic (exact) mass is 1200 g/mol. The first-order valence-electron chi connectivity index (χ1n) is 24.9. The molecule has 0 aliphatic carbocycles. The van der Waals surface area contributed by atoms with Gasteiger partial charge in [-0.15, -0.1) is 68.0 Å². The lowest BCUT2D eigenvalue weighted by Crippen LogP contribution is -2.41. The number of esters is 2. The lowest BCUT2D eigenvalue weighted by Gasteiger charge is -2.21. The number of alkyl carbamates (subject to hydrolysis) is 1. The maximum atomic E-state index is 14.2. The summed E-state index contributed by atoms with van der Waals surface area (Å²) >= 11 is 7.44. The van der Waals surface area contributed by atoms with Crippen LogP contribution >= 0.6 is 68.0 Å². The summed E-state index contributed by atoms with van der Waals surface area (Å²) in [5.74, 6) is -3.29. The Morgan fingerprint density at radius 1 is 0.575 bits per heavy atom. The van der Waals surface area contributed by atoms with Crippen LogP contribution in [0.3, 0.4) is 0 Å². The van der Waals surface area contributed by atoms with Crippen molar-refractivity contribution in [2.45, 2.75) is 112 Å². The molecule has 0 aliphatic heterocycles. The molecule has 0 unspecified atom stereocenters. The zero-order chi connectivity index (χ0) is 58.4. The van der Waals surface area contributed by atoms with Gasteiger partial charge >= 0.3 is 18.0 Å². The van der Waals surface area contributed by atoms with Gasteiger partial charge in [0, 0.05) is 44.4 Å². The number of aromatic nitrogens is 7. The number of hydrogen-bond acceptors (Lipinski definition) is 23. The van der Waals surface area contributed by atoms with Crippen molar-refractivity contribution in [1.82, 2.24) is 61.5 Å². The van der Waals surface area contributed by atoms with Crippen LogP contribution in [0.2, 0.25) is 0 Å². The normalized spacial score (nSPS) is 12.8. The predicted molar refractivity (Wildman–Crippen MR) is 308 cm³/mol. The van der Waals surface area contributed by atoms with E-state index < -0.39 is 65.1 Å². The number of aryl methyl sites for hydroxylation is 1. The van der Waals surface area contributed by atoms with Gasteiger partial charge in [0.1, 0.15) is 76.3 Å². The largest absolute Gasteiger partial charge is 0.464 e. The molecule has 7 aromatic heterocycles. The lowest BCUT2D eigenvalue weighted by atomic mass is 10.0. The Morgan fingerprint density at radius 2 is 1.16 bits per heavy atom. The fourth-order valence-corrected chi connectivity index (χ4v) is 12.8. The first-order valence-corrected chi connectivity index (χ1v) is 30.1. The highest BCUT2D eigenvalue weighted by atomic mass is 32.1. The van der Waals surface area contributed by atoms with Gasteiger partial charge in [-0.05, 0) is 72.4 Å². The van der Waals surface area contributed by atoms with Crippen molar-refractivity contribution in [3.8, 4) is 43.4 Å². The van der Waals surface area contributed by atoms with Crippen molar-refractivity contribution < 1.29 is 47.8 Å². The summed E-state index contributed by atoms with van der Waals surface area (Å²) in [5.41, 5.74) is 1.30. The van der Waals surface area contributed by atoms with Crippen LogP contribution in [0.25, 0.3) is 43.4 Å². The molecule has 3 atom stereocenters. The first-order chi connectivity index (χ1) is 37.7. The van der Waals surface area contributed by atoms with Crippen molar-refractivity contribution in [3.63, 3.8) is 0 Å². The molecule has 0 aromatic carbocycles. The van der Waals surface area contributed by atoms with Gasteiger partial charge in [0.25, 0.3) is 11.8 Å². The highest BCUT2D eigenvalue weighted by Gasteiger charge is 2.31. The van der Waals surface area contributed by atoms with E-state index in [-0.39, 0.29) is 53.5 Å². The maximum Gasteiger partial charge on any atom is 0.408 e. The van der Waals surface area contributed by atoms with Crippen LogP contribution in [0.1, 0.15) is 156 Å². The van der Waals surface area contributed by atoms with Crippen LogP contribution < -0.4 is 26.6 Å². The van der Waals surface area contributed by atoms with Crippen molar-refractivity contribution in [2.75, 3.05) is 20.7 Å². The Morgan fingerprint density at radius 3 is 1.84 bits per heavy atom. The van der Waals surface area contributed by atoms with Gasteiger partial charge in [-0.3, -0.25) is 19.2 Å². The number of thiazole rings is 6. The summed E-state index contributed by atoms with van der Waals surface area (Å²) in [6, 6.07) is 1.48. The third-order valence-electron chi connectivity index (χ3n) is 11.2. The molecule has 28 heteroatoms. The van der Waals surface area contributed by atoms with E-state index in [2.05, 4.69) is 41.5 Å². The van der Waals surface area contributed by atoms with Crippen molar-refractivity contribution in [1.29, 1.82) is 0 Å². The summed E-state index contributed by atoms with van der Waals surface area (Å²) in [4.78, 5) is 125. The molecule has 7 rings (SSSR count). The van der Waals surface area contributed by atoms with Crippen LogP contribution in [0.15, 0.2) is 39.0 Å². The van der Waals surface area contributed by atoms with Crippen LogP contribution in [0.4, 0.5) is 4.79 Å². The molecule has 80 heavy (non-hydrogen) atoms. The van der Waals surface area contributed by atoms with Gasteiger partial charge in [-0.1, -0.05) is 27.7 Å². The number of carbonyl (C=O) groups is 7. The van der Waals surface area contributed by atoms with Gasteiger partial charge in [0.2, 0.25) is 11.8 Å². The molecule has 0 saturated heterocycles. The Hall–Kier alpha value is -6.98. The Bertz CT molecular complexity index is 3410. The van der Waals surface area contributed by atoms with E-state index in [9.17, 15) is 33.6 Å². The van der Waals surface area contributed by atoms with Gasteiger partial charge in [-0.2, -0.15) is 0 Å². The molecule has 0 fully saturated rings. The fraction of sp³-hybridized carbons (Fsp3) is 0.423. The molecule has 0 saturated carbocycles. The van der Waals surface area contributed by atoms with Gasteiger partial charge in [0.05, 0.1) is 37.4 Å². The quantitative estimate of drug-likeness (QED) is 0.0350. The maximum absolute atomic E-state index is 14.2. The minimum absolute atomic E-state index is 0.0335. The molecule has 5 N–H and O–H groups in total. The molecule has 22 nitrogen and oxygen atoms in total. The number of nitrogens with one attached hydrogen (secondary N) is 5. The standard InChI is InChI=1S/C52H60N12O10S6/c1-23(2)36(62-35(66)17-54-50(71)74-52(9,10)11)46-59-31(20-78-46)44-57-29(18-76-44)39-26(14-15-27(55-39)43-60-32(21-77-43)48(69)72-13)42-58-30(19-75-42)40(67)56-28(16-34(65)53-12)45-64-38(25(5)80-45)41(68)63-37(24(3)4)47-61-33(22-79-47)49(70)73-51(6,7)8/h14-15,18-24,28,36-37H,16-17H2,1-13H3,(H,53,65)(H,54,71)(H,56,67)(H,62,66)(H,63,68)/t28-,36-,37-/m0/s1. The third kappa shape index (κ3) is 15.5. The van der Waals surface area contributed by atoms with Crippen LogP contribution in [0.5, 0.6) is 0 Å². The second kappa shape index (κ2) is 25.6. The smallest absolute Gasteiger partial charge is 0.408 e. The SMILES string of the molecule is CNC(=O)C[C@H](NC(=O)c1csc(-c2ccc(-c3nc(C(=O)OC)cs3)nc2-c2csc(-c3csc([C@@H](NC(=O)CNC(=O)OC(C)(C)C)C(C)C)n3)n2)n1)c1nc(C(=O)N[C@H](c2nc(C(=O)OC(C)(C)C)cs2)C(C)C)c(C)s1. The predicted octanol–water partition coefficient (Wildman–Crippen LogP) is 9.61. The summed E-state index contributed by atoms with van der Waals surface area (Å²) in [6.45, 7) is 19.6. The molecule has 0 bridgehead atoms. The van der Waals surface area contributed by atoms with Gasteiger partial charge in [-0.25, -0.2) is 49.3 Å². The molecule has 0 aliphatic rings. The molecule has 0 spiro atoms. The van der Waals surface area contributed by atoms with E-state index in [4.69, 9.17) is 34.1 Å². The highest BCUT2D eigenvalue weighted by Crippen LogP contribution is 2.39. The summed E-state index contributed by atoms with van der Waals surface area (Å²) in [7, 11) is 2.75. The summed E-state index contributed by atoms with van der Waals surface area (Å²) in [6.07, 6.45) is -0.911. The van der Waals surface area contributed by atoms with E-state index in [1.807, 2.05) is 38.5 Å². The number of hydrogen-bond donors (Lipinski definition) is 5. The number of amides is 5. The van der Waals surface area contributed by atoms with Crippen LogP contribution in [0, 0.1) is 18.8 Å². The van der Waals surface area contributed by atoms with E-state index >= 15 is 0 Å². The second-order valence-corrected chi connectivity index (χ2v) is 26.1.